The van der Waals surface area contributed by atoms with Crippen LogP contribution in [0.25, 0.3) is 0 Å². The lowest BCUT2D eigenvalue weighted by Gasteiger charge is -2.28. The Morgan fingerprint density at radius 1 is 1.54 bits per heavy atom. The molecule has 0 aromatic rings. The van der Waals surface area contributed by atoms with Gasteiger partial charge in [-0.3, -0.25) is 0 Å². The van der Waals surface area contributed by atoms with Crippen LogP contribution in [0, 0.1) is 17.3 Å². The van der Waals surface area contributed by atoms with Gasteiger partial charge in [-0.15, -0.1) is 0 Å². The number of hydrogen-bond acceptors (Lipinski definition) is 1. The van der Waals surface area contributed by atoms with Crippen molar-refractivity contribution in [2.75, 3.05) is 0 Å². The standard InChI is InChI=1S/C12H22O/c1-10(2)6-8-12(9-13)7-4-5-11(12)3/h9-11H,4-8H2,1-3H3. The minimum absolute atomic E-state index is 0.0459. The van der Waals surface area contributed by atoms with Crippen molar-refractivity contribution < 1.29 is 4.79 Å². The Morgan fingerprint density at radius 2 is 2.23 bits per heavy atom. The number of rotatable bonds is 4. The van der Waals surface area contributed by atoms with E-state index in [9.17, 15) is 4.79 Å². The van der Waals surface area contributed by atoms with Gasteiger partial charge in [-0.2, -0.15) is 0 Å². The van der Waals surface area contributed by atoms with E-state index < -0.39 is 0 Å². The predicted octanol–water partition coefficient (Wildman–Crippen LogP) is 3.43. The van der Waals surface area contributed by atoms with E-state index in [1.165, 1.54) is 25.5 Å². The molecule has 76 valence electrons. The molecular weight excluding hydrogens is 160 g/mol. The normalized spacial score (nSPS) is 34.0. The Morgan fingerprint density at radius 3 is 2.62 bits per heavy atom. The smallest absolute Gasteiger partial charge is 0.126 e. The molecule has 0 spiro atoms. The molecule has 0 aromatic heterocycles. The molecule has 1 aliphatic rings. The van der Waals surface area contributed by atoms with E-state index in [0.717, 1.165) is 18.8 Å². The van der Waals surface area contributed by atoms with Gasteiger partial charge < -0.3 is 4.79 Å². The summed E-state index contributed by atoms with van der Waals surface area (Å²) in [4.78, 5) is 11.2. The Bertz CT molecular complexity index is 174. The van der Waals surface area contributed by atoms with Gasteiger partial charge in [0.1, 0.15) is 6.29 Å². The average Bonchev–Trinajstić information content (AvgIpc) is 2.45. The van der Waals surface area contributed by atoms with Gasteiger partial charge in [-0.1, -0.05) is 33.6 Å². The van der Waals surface area contributed by atoms with Gasteiger partial charge >= 0.3 is 0 Å². The highest BCUT2D eigenvalue weighted by molar-refractivity contribution is 5.60. The van der Waals surface area contributed by atoms with Crippen molar-refractivity contribution in [3.05, 3.63) is 0 Å². The largest absolute Gasteiger partial charge is 0.303 e. The molecule has 1 nitrogen and oxygen atoms in total. The van der Waals surface area contributed by atoms with Gasteiger partial charge in [0.25, 0.3) is 0 Å². The van der Waals surface area contributed by atoms with E-state index >= 15 is 0 Å². The van der Waals surface area contributed by atoms with Crippen LogP contribution < -0.4 is 0 Å². The molecule has 1 heteroatoms. The van der Waals surface area contributed by atoms with E-state index in [2.05, 4.69) is 20.8 Å². The highest BCUT2D eigenvalue weighted by atomic mass is 16.1. The first kappa shape index (κ1) is 10.7. The quantitative estimate of drug-likeness (QED) is 0.609. The van der Waals surface area contributed by atoms with Gasteiger partial charge in [-0.25, -0.2) is 0 Å². The summed E-state index contributed by atoms with van der Waals surface area (Å²) in [6.45, 7) is 6.71. The Kier molecular flexibility index (Phi) is 3.52. The van der Waals surface area contributed by atoms with Crippen LogP contribution in [0.15, 0.2) is 0 Å². The minimum Gasteiger partial charge on any atom is -0.303 e. The maximum absolute atomic E-state index is 11.2. The molecule has 0 amide bonds. The molecular formula is C12H22O. The molecule has 0 aliphatic heterocycles. The third-order valence-electron chi connectivity index (χ3n) is 3.68. The molecule has 1 aliphatic carbocycles. The Hall–Kier alpha value is -0.330. The average molecular weight is 182 g/mol. The molecule has 0 bridgehead atoms. The molecule has 2 unspecified atom stereocenters. The first-order valence-corrected chi connectivity index (χ1v) is 5.57. The fourth-order valence-electron chi connectivity index (χ4n) is 2.43. The van der Waals surface area contributed by atoms with E-state index in [0.29, 0.717) is 5.92 Å². The lowest BCUT2D eigenvalue weighted by molar-refractivity contribution is -0.118. The number of hydrogen-bond donors (Lipinski definition) is 0. The molecule has 2 atom stereocenters. The van der Waals surface area contributed by atoms with Crippen LogP contribution in [0.4, 0.5) is 0 Å². The van der Waals surface area contributed by atoms with Gasteiger partial charge in [0.05, 0.1) is 0 Å². The molecule has 0 heterocycles. The van der Waals surface area contributed by atoms with E-state index in [-0.39, 0.29) is 5.41 Å². The maximum Gasteiger partial charge on any atom is 0.126 e. The summed E-state index contributed by atoms with van der Waals surface area (Å²) in [5.41, 5.74) is 0.0459. The summed E-state index contributed by atoms with van der Waals surface area (Å²) < 4.78 is 0. The molecule has 1 rings (SSSR count). The van der Waals surface area contributed by atoms with E-state index in [1.807, 2.05) is 0 Å². The third kappa shape index (κ3) is 2.32. The maximum atomic E-state index is 11.2. The number of carbonyl (C=O) groups is 1. The van der Waals surface area contributed by atoms with Gasteiger partial charge in [0.2, 0.25) is 0 Å². The van der Waals surface area contributed by atoms with Gasteiger partial charge in [-0.05, 0) is 31.1 Å². The molecule has 1 fully saturated rings. The minimum atomic E-state index is 0.0459. The molecule has 0 saturated heterocycles. The van der Waals surface area contributed by atoms with Crippen LogP contribution >= 0.6 is 0 Å². The lowest BCUT2D eigenvalue weighted by atomic mass is 9.75. The highest BCUT2D eigenvalue weighted by Crippen LogP contribution is 2.45. The van der Waals surface area contributed by atoms with Gasteiger partial charge in [0.15, 0.2) is 0 Å². The SMILES string of the molecule is CC(C)CCC1(C=O)CCCC1C. The van der Waals surface area contributed by atoms with Crippen LogP contribution in [0.2, 0.25) is 0 Å². The van der Waals surface area contributed by atoms with Crippen molar-refractivity contribution in [1.29, 1.82) is 0 Å². The fraction of sp³-hybridized carbons (Fsp3) is 0.917. The van der Waals surface area contributed by atoms with Crippen molar-refractivity contribution in [2.45, 2.75) is 52.9 Å². The zero-order chi connectivity index (χ0) is 9.90. The first-order chi connectivity index (χ1) is 6.10. The van der Waals surface area contributed by atoms with Crippen molar-refractivity contribution in [1.82, 2.24) is 0 Å². The lowest BCUT2D eigenvalue weighted by Crippen LogP contribution is -2.26. The molecule has 0 aromatic carbocycles. The fourth-order valence-corrected chi connectivity index (χ4v) is 2.43. The van der Waals surface area contributed by atoms with Crippen LogP contribution in [0.3, 0.4) is 0 Å². The number of aldehydes is 1. The summed E-state index contributed by atoms with van der Waals surface area (Å²) in [6.07, 6.45) is 7.17. The molecule has 0 radical (unpaired) electrons. The molecule has 0 N–H and O–H groups in total. The summed E-state index contributed by atoms with van der Waals surface area (Å²) in [6, 6.07) is 0. The second kappa shape index (κ2) is 4.26. The zero-order valence-electron chi connectivity index (χ0n) is 9.18. The summed E-state index contributed by atoms with van der Waals surface area (Å²) >= 11 is 0. The second-order valence-electron chi connectivity index (χ2n) is 5.08. The second-order valence-corrected chi connectivity index (χ2v) is 5.08. The topological polar surface area (TPSA) is 17.1 Å². The number of carbonyl (C=O) groups excluding carboxylic acids is 1. The van der Waals surface area contributed by atoms with E-state index in [4.69, 9.17) is 0 Å². The molecule has 1 saturated carbocycles. The summed E-state index contributed by atoms with van der Waals surface area (Å²) in [5, 5.41) is 0. The van der Waals surface area contributed by atoms with Crippen molar-refractivity contribution in [3.63, 3.8) is 0 Å². The highest BCUT2D eigenvalue weighted by Gasteiger charge is 2.39. The van der Waals surface area contributed by atoms with Crippen molar-refractivity contribution >= 4 is 6.29 Å². The summed E-state index contributed by atoms with van der Waals surface area (Å²) in [5.74, 6) is 1.34. The van der Waals surface area contributed by atoms with Crippen LogP contribution in [0.5, 0.6) is 0 Å². The van der Waals surface area contributed by atoms with Crippen molar-refractivity contribution in [2.24, 2.45) is 17.3 Å². The Labute approximate surface area is 81.9 Å². The first-order valence-electron chi connectivity index (χ1n) is 5.57. The van der Waals surface area contributed by atoms with Crippen LogP contribution in [-0.4, -0.2) is 6.29 Å². The zero-order valence-corrected chi connectivity index (χ0v) is 9.18. The predicted molar refractivity (Wildman–Crippen MR) is 55.6 cm³/mol. The summed E-state index contributed by atoms with van der Waals surface area (Å²) in [7, 11) is 0. The van der Waals surface area contributed by atoms with Crippen LogP contribution in [-0.2, 0) is 4.79 Å². The molecule has 13 heavy (non-hydrogen) atoms. The van der Waals surface area contributed by atoms with Crippen molar-refractivity contribution in [3.8, 4) is 0 Å². The van der Waals surface area contributed by atoms with Crippen LogP contribution in [0.1, 0.15) is 52.9 Å². The third-order valence-corrected chi connectivity index (χ3v) is 3.68. The Balaban J connectivity index is 2.54. The monoisotopic (exact) mass is 182 g/mol. The van der Waals surface area contributed by atoms with Gasteiger partial charge in [0, 0.05) is 5.41 Å². The van der Waals surface area contributed by atoms with E-state index in [1.54, 1.807) is 0 Å².